The Kier molecular flexibility index (Phi) is 4.73. The number of hydrogen-bond acceptors (Lipinski definition) is 3. The van der Waals surface area contributed by atoms with Crippen molar-refractivity contribution in [3.05, 3.63) is 23.3 Å². The Morgan fingerprint density at radius 1 is 1.39 bits per heavy atom. The van der Waals surface area contributed by atoms with Crippen LogP contribution >= 0.6 is 0 Å². The maximum absolute atomic E-state index is 11.9. The number of hydrogen-bond donors (Lipinski definition) is 3. The number of anilines is 1. The molecule has 4 heteroatoms. The van der Waals surface area contributed by atoms with Gasteiger partial charge >= 0.3 is 0 Å². The molecule has 0 aliphatic carbocycles. The van der Waals surface area contributed by atoms with E-state index in [-0.39, 0.29) is 11.7 Å². The Bertz CT molecular complexity index is 442. The third-order valence-electron chi connectivity index (χ3n) is 2.76. The number of rotatable bonds is 4. The molecule has 0 unspecified atom stereocenters. The lowest BCUT2D eigenvalue weighted by Gasteiger charge is -2.16. The molecule has 0 aliphatic rings. The van der Waals surface area contributed by atoms with E-state index in [4.69, 9.17) is 5.73 Å². The summed E-state index contributed by atoms with van der Waals surface area (Å²) in [6.07, 6.45) is 0.622. The molecule has 1 aromatic rings. The first-order valence-electron chi connectivity index (χ1n) is 6.18. The fourth-order valence-electron chi connectivity index (χ4n) is 1.90. The first-order chi connectivity index (χ1) is 8.31. The van der Waals surface area contributed by atoms with Crippen LogP contribution in [0.25, 0.3) is 0 Å². The van der Waals surface area contributed by atoms with Gasteiger partial charge in [-0.15, -0.1) is 0 Å². The SMILES string of the molecule is Cc1cc(C)c(O)c(NC(=O)[C@@H](N)CC(C)C)c1. The van der Waals surface area contributed by atoms with Crippen LogP contribution in [-0.4, -0.2) is 17.1 Å². The minimum Gasteiger partial charge on any atom is -0.505 e. The highest BCUT2D eigenvalue weighted by molar-refractivity contribution is 5.96. The van der Waals surface area contributed by atoms with Crippen molar-refractivity contribution in [2.45, 2.75) is 40.2 Å². The van der Waals surface area contributed by atoms with Gasteiger partial charge in [0.2, 0.25) is 5.91 Å². The second kappa shape index (κ2) is 5.87. The number of benzene rings is 1. The van der Waals surface area contributed by atoms with Gasteiger partial charge in [-0.2, -0.15) is 0 Å². The summed E-state index contributed by atoms with van der Waals surface area (Å²) >= 11 is 0. The molecule has 0 fully saturated rings. The van der Waals surface area contributed by atoms with Crippen LogP contribution in [0.5, 0.6) is 5.75 Å². The normalized spacial score (nSPS) is 12.6. The molecule has 1 rings (SSSR count). The molecule has 0 bridgehead atoms. The van der Waals surface area contributed by atoms with Crippen LogP contribution in [0.15, 0.2) is 12.1 Å². The summed E-state index contributed by atoms with van der Waals surface area (Å²) in [7, 11) is 0. The lowest BCUT2D eigenvalue weighted by molar-refractivity contribution is -0.117. The molecule has 18 heavy (non-hydrogen) atoms. The topological polar surface area (TPSA) is 75.3 Å². The molecule has 0 saturated heterocycles. The molecule has 0 spiro atoms. The van der Waals surface area contributed by atoms with Crippen molar-refractivity contribution in [1.82, 2.24) is 0 Å². The van der Waals surface area contributed by atoms with Gasteiger partial charge in [0.15, 0.2) is 0 Å². The molecule has 1 atom stereocenters. The van der Waals surface area contributed by atoms with Gasteiger partial charge in [0.05, 0.1) is 11.7 Å². The second-order valence-corrected chi connectivity index (χ2v) is 5.20. The zero-order chi connectivity index (χ0) is 13.9. The monoisotopic (exact) mass is 250 g/mol. The number of carbonyl (C=O) groups is 1. The Morgan fingerprint density at radius 3 is 2.56 bits per heavy atom. The van der Waals surface area contributed by atoms with Crippen LogP contribution in [-0.2, 0) is 4.79 Å². The number of aromatic hydroxyl groups is 1. The number of aryl methyl sites for hydroxylation is 2. The summed E-state index contributed by atoms with van der Waals surface area (Å²) in [4.78, 5) is 11.9. The summed E-state index contributed by atoms with van der Waals surface area (Å²) < 4.78 is 0. The molecular weight excluding hydrogens is 228 g/mol. The van der Waals surface area contributed by atoms with E-state index in [1.54, 1.807) is 13.0 Å². The fourth-order valence-corrected chi connectivity index (χ4v) is 1.90. The maximum Gasteiger partial charge on any atom is 0.241 e. The highest BCUT2D eigenvalue weighted by Crippen LogP contribution is 2.28. The Hall–Kier alpha value is -1.55. The number of nitrogens with one attached hydrogen (secondary N) is 1. The minimum absolute atomic E-state index is 0.102. The van der Waals surface area contributed by atoms with Crippen molar-refractivity contribution < 1.29 is 9.90 Å². The number of phenolic OH excluding ortho intramolecular Hbond substituents is 1. The lowest BCUT2D eigenvalue weighted by Crippen LogP contribution is -2.36. The quantitative estimate of drug-likeness (QED) is 0.718. The molecular formula is C14H22N2O2. The number of nitrogens with two attached hydrogens (primary N) is 1. The zero-order valence-electron chi connectivity index (χ0n) is 11.4. The van der Waals surface area contributed by atoms with Crippen molar-refractivity contribution in [2.75, 3.05) is 5.32 Å². The van der Waals surface area contributed by atoms with Crippen LogP contribution in [0, 0.1) is 19.8 Å². The molecule has 0 aromatic heterocycles. The molecule has 100 valence electrons. The third-order valence-corrected chi connectivity index (χ3v) is 2.76. The van der Waals surface area contributed by atoms with E-state index >= 15 is 0 Å². The van der Waals surface area contributed by atoms with Gasteiger partial charge in [-0.25, -0.2) is 0 Å². The van der Waals surface area contributed by atoms with Gasteiger partial charge in [0.1, 0.15) is 5.75 Å². The average molecular weight is 250 g/mol. The van der Waals surface area contributed by atoms with Crippen molar-refractivity contribution in [3.63, 3.8) is 0 Å². The first kappa shape index (κ1) is 14.5. The molecule has 1 aromatic carbocycles. The molecule has 0 radical (unpaired) electrons. The fraction of sp³-hybridized carbons (Fsp3) is 0.500. The summed E-state index contributed by atoms with van der Waals surface area (Å²) in [6, 6.07) is 3.05. The van der Waals surface area contributed by atoms with Gasteiger partial charge in [0.25, 0.3) is 0 Å². The van der Waals surface area contributed by atoms with E-state index in [1.165, 1.54) is 0 Å². The summed E-state index contributed by atoms with van der Waals surface area (Å²) in [5.41, 5.74) is 7.95. The van der Waals surface area contributed by atoms with Gasteiger partial charge < -0.3 is 16.2 Å². The van der Waals surface area contributed by atoms with E-state index in [1.807, 2.05) is 26.8 Å². The molecule has 4 nitrogen and oxygen atoms in total. The molecule has 0 aliphatic heterocycles. The number of carbonyl (C=O) groups excluding carboxylic acids is 1. The predicted octanol–water partition coefficient (Wildman–Crippen LogP) is 2.32. The van der Waals surface area contributed by atoms with Gasteiger partial charge in [-0.05, 0) is 43.4 Å². The zero-order valence-corrected chi connectivity index (χ0v) is 11.4. The number of phenols is 1. The van der Waals surface area contributed by atoms with E-state index in [9.17, 15) is 9.90 Å². The lowest BCUT2D eigenvalue weighted by atomic mass is 10.0. The van der Waals surface area contributed by atoms with Crippen molar-refractivity contribution in [3.8, 4) is 5.75 Å². The third kappa shape index (κ3) is 3.74. The largest absolute Gasteiger partial charge is 0.505 e. The van der Waals surface area contributed by atoms with Crippen LogP contribution in [0.1, 0.15) is 31.4 Å². The predicted molar refractivity (Wildman–Crippen MR) is 73.6 cm³/mol. The van der Waals surface area contributed by atoms with E-state index in [0.717, 1.165) is 11.1 Å². The Labute approximate surface area is 108 Å². The van der Waals surface area contributed by atoms with E-state index in [0.29, 0.717) is 18.0 Å². The smallest absolute Gasteiger partial charge is 0.241 e. The van der Waals surface area contributed by atoms with Crippen LogP contribution in [0.4, 0.5) is 5.69 Å². The van der Waals surface area contributed by atoms with Crippen LogP contribution < -0.4 is 11.1 Å². The van der Waals surface area contributed by atoms with Crippen molar-refractivity contribution >= 4 is 11.6 Å². The highest BCUT2D eigenvalue weighted by atomic mass is 16.3. The molecule has 0 saturated carbocycles. The van der Waals surface area contributed by atoms with Crippen molar-refractivity contribution in [2.24, 2.45) is 11.7 Å². The Balaban J connectivity index is 2.82. The maximum atomic E-state index is 11.9. The minimum atomic E-state index is -0.551. The summed E-state index contributed by atoms with van der Waals surface area (Å²) in [5.74, 6) is 0.202. The van der Waals surface area contributed by atoms with E-state index < -0.39 is 6.04 Å². The summed E-state index contributed by atoms with van der Waals surface area (Å²) in [5, 5.41) is 12.6. The highest BCUT2D eigenvalue weighted by Gasteiger charge is 2.17. The average Bonchev–Trinajstić information content (AvgIpc) is 2.24. The Morgan fingerprint density at radius 2 is 2.00 bits per heavy atom. The first-order valence-corrected chi connectivity index (χ1v) is 6.18. The van der Waals surface area contributed by atoms with Crippen LogP contribution in [0.3, 0.4) is 0 Å². The van der Waals surface area contributed by atoms with E-state index in [2.05, 4.69) is 5.32 Å². The second-order valence-electron chi connectivity index (χ2n) is 5.20. The van der Waals surface area contributed by atoms with Crippen molar-refractivity contribution in [1.29, 1.82) is 0 Å². The molecule has 1 amide bonds. The van der Waals surface area contributed by atoms with Crippen LogP contribution in [0.2, 0.25) is 0 Å². The van der Waals surface area contributed by atoms with Gasteiger partial charge in [-0.1, -0.05) is 19.9 Å². The molecule has 0 heterocycles. The molecule has 4 N–H and O–H groups in total. The summed E-state index contributed by atoms with van der Waals surface area (Å²) in [6.45, 7) is 7.74. The number of amides is 1. The van der Waals surface area contributed by atoms with Gasteiger partial charge in [-0.3, -0.25) is 4.79 Å². The standard InChI is InChI=1S/C14H22N2O2/c1-8(2)5-11(15)14(18)16-12-7-9(3)6-10(4)13(12)17/h6-8,11,17H,5,15H2,1-4H3,(H,16,18)/t11-/m0/s1. The van der Waals surface area contributed by atoms with Gasteiger partial charge in [0, 0.05) is 0 Å².